The van der Waals surface area contributed by atoms with Crippen LogP contribution in [-0.2, 0) is 9.53 Å². The SMILES string of the molecule is COCCNCC(=O)N[C@@H](CO)c1ccccc1. The lowest BCUT2D eigenvalue weighted by Crippen LogP contribution is -2.38. The van der Waals surface area contributed by atoms with E-state index in [0.29, 0.717) is 13.2 Å². The molecule has 0 radical (unpaired) electrons. The first kappa shape index (κ1) is 14.6. The molecule has 5 nitrogen and oxygen atoms in total. The number of rotatable bonds is 8. The quantitative estimate of drug-likeness (QED) is 0.573. The molecule has 1 rings (SSSR count). The second-order valence-electron chi connectivity index (χ2n) is 3.88. The number of methoxy groups -OCH3 is 1. The maximum atomic E-state index is 11.6. The van der Waals surface area contributed by atoms with E-state index in [4.69, 9.17) is 4.74 Å². The van der Waals surface area contributed by atoms with Gasteiger partial charge in [-0.2, -0.15) is 0 Å². The molecular formula is C13H20N2O3. The van der Waals surface area contributed by atoms with E-state index < -0.39 is 0 Å². The fourth-order valence-corrected chi connectivity index (χ4v) is 1.54. The van der Waals surface area contributed by atoms with Gasteiger partial charge < -0.3 is 20.5 Å². The Labute approximate surface area is 107 Å². The van der Waals surface area contributed by atoms with Crippen LogP contribution in [0.5, 0.6) is 0 Å². The molecule has 3 N–H and O–H groups in total. The van der Waals surface area contributed by atoms with Crippen LogP contribution in [0.15, 0.2) is 30.3 Å². The van der Waals surface area contributed by atoms with Crippen LogP contribution in [0.4, 0.5) is 0 Å². The topological polar surface area (TPSA) is 70.6 Å². The van der Waals surface area contributed by atoms with Crippen molar-refractivity contribution in [2.45, 2.75) is 6.04 Å². The monoisotopic (exact) mass is 252 g/mol. The van der Waals surface area contributed by atoms with Gasteiger partial charge >= 0.3 is 0 Å². The second-order valence-corrected chi connectivity index (χ2v) is 3.88. The van der Waals surface area contributed by atoms with Gasteiger partial charge in [0.2, 0.25) is 5.91 Å². The Kier molecular flexibility index (Phi) is 7.01. The number of hydrogen-bond acceptors (Lipinski definition) is 4. The Morgan fingerprint density at radius 1 is 1.39 bits per heavy atom. The average Bonchev–Trinajstić information content (AvgIpc) is 2.42. The summed E-state index contributed by atoms with van der Waals surface area (Å²) in [6, 6.07) is 9.04. The third-order valence-electron chi connectivity index (χ3n) is 2.49. The highest BCUT2D eigenvalue weighted by atomic mass is 16.5. The van der Waals surface area contributed by atoms with Crippen molar-refractivity contribution in [2.75, 3.05) is 33.4 Å². The van der Waals surface area contributed by atoms with Crippen LogP contribution in [0.1, 0.15) is 11.6 Å². The maximum Gasteiger partial charge on any atom is 0.234 e. The number of amides is 1. The van der Waals surface area contributed by atoms with E-state index >= 15 is 0 Å². The molecule has 0 fully saturated rings. The fourth-order valence-electron chi connectivity index (χ4n) is 1.54. The lowest BCUT2D eigenvalue weighted by Gasteiger charge is -2.16. The number of benzene rings is 1. The first-order valence-corrected chi connectivity index (χ1v) is 5.92. The van der Waals surface area contributed by atoms with Gasteiger partial charge in [0, 0.05) is 13.7 Å². The van der Waals surface area contributed by atoms with Gasteiger partial charge in [-0.15, -0.1) is 0 Å². The normalized spacial score (nSPS) is 12.1. The van der Waals surface area contributed by atoms with E-state index in [1.54, 1.807) is 7.11 Å². The van der Waals surface area contributed by atoms with E-state index in [2.05, 4.69) is 10.6 Å². The van der Waals surface area contributed by atoms with Crippen LogP contribution in [0.2, 0.25) is 0 Å². The number of carbonyl (C=O) groups is 1. The molecule has 100 valence electrons. The molecule has 1 atom stereocenters. The van der Waals surface area contributed by atoms with Crippen LogP contribution in [0.25, 0.3) is 0 Å². The van der Waals surface area contributed by atoms with Crippen LogP contribution < -0.4 is 10.6 Å². The van der Waals surface area contributed by atoms with Crippen LogP contribution in [0.3, 0.4) is 0 Å². The summed E-state index contributed by atoms with van der Waals surface area (Å²) in [5, 5.41) is 15.0. The molecular weight excluding hydrogens is 232 g/mol. The van der Waals surface area contributed by atoms with Gasteiger partial charge in [-0.1, -0.05) is 30.3 Å². The summed E-state index contributed by atoms with van der Waals surface area (Å²) in [4.78, 5) is 11.6. The molecule has 1 aromatic rings. The minimum Gasteiger partial charge on any atom is -0.394 e. The highest BCUT2D eigenvalue weighted by Gasteiger charge is 2.12. The van der Waals surface area contributed by atoms with Crippen molar-refractivity contribution in [1.29, 1.82) is 0 Å². The van der Waals surface area contributed by atoms with E-state index in [-0.39, 0.29) is 25.1 Å². The lowest BCUT2D eigenvalue weighted by molar-refractivity contribution is -0.121. The zero-order valence-corrected chi connectivity index (χ0v) is 10.6. The van der Waals surface area contributed by atoms with Crippen LogP contribution >= 0.6 is 0 Å². The van der Waals surface area contributed by atoms with E-state index in [1.807, 2.05) is 30.3 Å². The second kappa shape index (κ2) is 8.63. The van der Waals surface area contributed by atoms with Crippen molar-refractivity contribution in [1.82, 2.24) is 10.6 Å². The minimum atomic E-state index is -0.358. The van der Waals surface area contributed by atoms with Crippen molar-refractivity contribution in [3.05, 3.63) is 35.9 Å². The molecule has 5 heteroatoms. The summed E-state index contributed by atoms with van der Waals surface area (Å²) in [6.07, 6.45) is 0. The van der Waals surface area contributed by atoms with Crippen molar-refractivity contribution < 1.29 is 14.6 Å². The molecule has 0 spiro atoms. The van der Waals surface area contributed by atoms with Crippen molar-refractivity contribution in [3.63, 3.8) is 0 Å². The largest absolute Gasteiger partial charge is 0.394 e. The average molecular weight is 252 g/mol. The lowest BCUT2D eigenvalue weighted by atomic mass is 10.1. The van der Waals surface area contributed by atoms with E-state index in [9.17, 15) is 9.90 Å². The number of aliphatic hydroxyl groups is 1. The molecule has 0 heterocycles. The molecule has 0 bridgehead atoms. The number of carbonyl (C=O) groups excluding carboxylic acids is 1. The fraction of sp³-hybridized carbons (Fsp3) is 0.462. The molecule has 0 aliphatic heterocycles. The number of ether oxygens (including phenoxy) is 1. The highest BCUT2D eigenvalue weighted by molar-refractivity contribution is 5.78. The minimum absolute atomic E-state index is 0.117. The standard InChI is InChI=1S/C13H20N2O3/c1-18-8-7-14-9-13(17)15-12(10-16)11-5-3-2-4-6-11/h2-6,12,14,16H,7-10H2,1H3,(H,15,17)/t12-/m0/s1. The third-order valence-corrected chi connectivity index (χ3v) is 2.49. The highest BCUT2D eigenvalue weighted by Crippen LogP contribution is 2.10. The van der Waals surface area contributed by atoms with Crippen molar-refractivity contribution >= 4 is 5.91 Å². The van der Waals surface area contributed by atoms with E-state index in [0.717, 1.165) is 5.56 Å². The summed E-state index contributed by atoms with van der Waals surface area (Å²) < 4.78 is 4.86. The van der Waals surface area contributed by atoms with Gasteiger partial charge in [0.05, 0.1) is 25.8 Å². The molecule has 1 amide bonds. The van der Waals surface area contributed by atoms with Gasteiger partial charge in [-0.25, -0.2) is 0 Å². The molecule has 0 aromatic heterocycles. The molecule has 18 heavy (non-hydrogen) atoms. The Bertz CT molecular complexity index is 343. The molecule has 0 aliphatic rings. The van der Waals surface area contributed by atoms with Gasteiger partial charge in [0.25, 0.3) is 0 Å². The Balaban J connectivity index is 2.37. The summed E-state index contributed by atoms with van der Waals surface area (Å²) >= 11 is 0. The van der Waals surface area contributed by atoms with Crippen molar-refractivity contribution in [2.24, 2.45) is 0 Å². The molecule has 0 aliphatic carbocycles. The summed E-state index contributed by atoms with van der Waals surface area (Å²) in [5.41, 5.74) is 0.894. The predicted molar refractivity (Wildman–Crippen MR) is 69.2 cm³/mol. The number of hydrogen-bond donors (Lipinski definition) is 3. The van der Waals surface area contributed by atoms with Gasteiger partial charge in [0.15, 0.2) is 0 Å². The Morgan fingerprint density at radius 3 is 2.72 bits per heavy atom. The zero-order valence-electron chi connectivity index (χ0n) is 10.6. The molecule has 0 saturated heterocycles. The maximum absolute atomic E-state index is 11.6. The smallest absolute Gasteiger partial charge is 0.234 e. The molecule has 0 unspecified atom stereocenters. The van der Waals surface area contributed by atoms with Crippen LogP contribution in [0, 0.1) is 0 Å². The first-order valence-electron chi connectivity index (χ1n) is 5.92. The first-order chi connectivity index (χ1) is 8.77. The molecule has 0 saturated carbocycles. The summed E-state index contributed by atoms with van der Waals surface area (Å²) in [7, 11) is 1.61. The van der Waals surface area contributed by atoms with Crippen LogP contribution in [-0.4, -0.2) is 44.4 Å². The number of nitrogens with one attached hydrogen (secondary N) is 2. The third kappa shape index (κ3) is 5.27. The zero-order chi connectivity index (χ0) is 13.2. The summed E-state index contributed by atoms with van der Waals surface area (Å²) in [5.74, 6) is -0.144. The van der Waals surface area contributed by atoms with Gasteiger partial charge in [0.1, 0.15) is 0 Å². The predicted octanol–water partition coefficient (Wildman–Crippen LogP) is 0.0722. The van der Waals surface area contributed by atoms with Gasteiger partial charge in [-0.3, -0.25) is 4.79 Å². The van der Waals surface area contributed by atoms with Gasteiger partial charge in [-0.05, 0) is 5.56 Å². The number of aliphatic hydroxyl groups excluding tert-OH is 1. The van der Waals surface area contributed by atoms with Crippen molar-refractivity contribution in [3.8, 4) is 0 Å². The Morgan fingerprint density at radius 2 is 2.11 bits per heavy atom. The Hall–Kier alpha value is -1.43. The summed E-state index contributed by atoms with van der Waals surface area (Å²) in [6.45, 7) is 1.29. The molecule has 1 aromatic carbocycles. The van der Waals surface area contributed by atoms with E-state index in [1.165, 1.54) is 0 Å².